The summed E-state index contributed by atoms with van der Waals surface area (Å²) >= 11 is 1.68. The van der Waals surface area contributed by atoms with Crippen LogP contribution in [0, 0.1) is 25.5 Å². The molecule has 0 radical (unpaired) electrons. The third-order valence-corrected chi connectivity index (χ3v) is 7.31. The van der Waals surface area contributed by atoms with Crippen LogP contribution in [-0.4, -0.2) is 23.4 Å². The third kappa shape index (κ3) is 4.28. The highest BCUT2D eigenvalue weighted by Gasteiger charge is 2.26. The summed E-state index contributed by atoms with van der Waals surface area (Å²) in [7, 11) is 1.65. The largest absolute Gasteiger partial charge is 0.497 e. The molecule has 0 unspecified atom stereocenters. The minimum atomic E-state index is -0.815. The van der Waals surface area contributed by atoms with Gasteiger partial charge in [-0.2, -0.15) is 5.10 Å². The van der Waals surface area contributed by atoms with E-state index in [0.717, 1.165) is 53.6 Å². The lowest BCUT2D eigenvalue weighted by atomic mass is 10.1. The number of aryl methyl sites for hydroxylation is 2. The van der Waals surface area contributed by atoms with E-state index in [-0.39, 0.29) is 5.25 Å². The van der Waals surface area contributed by atoms with Gasteiger partial charge in [0.1, 0.15) is 5.75 Å². The van der Waals surface area contributed by atoms with E-state index in [9.17, 15) is 8.78 Å². The number of benzene rings is 2. The monoisotopic (exact) mass is 443 g/mol. The highest BCUT2D eigenvalue weighted by atomic mass is 32.2. The highest BCUT2D eigenvalue weighted by Crippen LogP contribution is 2.47. The molecular formula is C24H27F2N3OS. The van der Waals surface area contributed by atoms with Gasteiger partial charge in [-0.1, -0.05) is 6.07 Å². The molecular weight excluding hydrogens is 416 g/mol. The first-order valence-corrected chi connectivity index (χ1v) is 11.4. The van der Waals surface area contributed by atoms with Crippen LogP contribution in [0.1, 0.15) is 41.1 Å². The zero-order chi connectivity index (χ0) is 22.1. The van der Waals surface area contributed by atoms with Gasteiger partial charge in [0, 0.05) is 41.0 Å². The van der Waals surface area contributed by atoms with E-state index in [1.807, 2.05) is 16.8 Å². The van der Waals surface area contributed by atoms with E-state index in [1.165, 1.54) is 23.4 Å². The molecule has 3 aromatic rings. The smallest absolute Gasteiger partial charge is 0.159 e. The molecule has 4 nitrogen and oxygen atoms in total. The summed E-state index contributed by atoms with van der Waals surface area (Å²) in [6, 6.07) is 10.3. The molecule has 0 spiro atoms. The Labute approximate surface area is 186 Å². The summed E-state index contributed by atoms with van der Waals surface area (Å²) in [5.41, 5.74) is 5.39. The number of hydrogen-bond donors (Lipinski definition) is 0. The molecule has 0 fully saturated rings. The van der Waals surface area contributed by atoms with Gasteiger partial charge in [-0.15, -0.1) is 11.8 Å². The van der Waals surface area contributed by atoms with Crippen LogP contribution in [0.25, 0.3) is 0 Å². The predicted octanol–water partition coefficient (Wildman–Crippen LogP) is 6.05. The number of hydrogen-bond acceptors (Lipinski definition) is 4. The summed E-state index contributed by atoms with van der Waals surface area (Å²) in [4.78, 5) is 3.43. The summed E-state index contributed by atoms with van der Waals surface area (Å²) < 4.78 is 34.9. The lowest BCUT2D eigenvalue weighted by molar-refractivity contribution is 0.413. The minimum Gasteiger partial charge on any atom is -0.497 e. The van der Waals surface area contributed by atoms with Crippen LogP contribution in [0.5, 0.6) is 5.75 Å². The number of ether oxygens (including phenoxy) is 1. The van der Waals surface area contributed by atoms with Gasteiger partial charge >= 0.3 is 0 Å². The van der Waals surface area contributed by atoms with Crippen LogP contribution in [0.4, 0.5) is 14.5 Å². The Kier molecular flexibility index (Phi) is 6.23. The lowest BCUT2D eigenvalue weighted by Gasteiger charge is -2.25. The standard InChI is InChI=1S/C24H27F2N3OS/c1-5-29-16(3)19(15(2)27-29)14-28-11-10-23(17-6-8-20(25)21(26)12-17)31-24-13-18(30-4)7-9-22(24)28/h6-9,12-13,23H,5,10-11,14H2,1-4H3/t23-/m1/s1. The Bertz CT molecular complexity index is 1100. The number of thioether (sulfide) groups is 1. The van der Waals surface area contributed by atoms with Crippen molar-refractivity contribution in [2.45, 2.75) is 50.4 Å². The minimum absolute atomic E-state index is 0.0199. The summed E-state index contributed by atoms with van der Waals surface area (Å²) in [6.45, 7) is 8.66. The van der Waals surface area contributed by atoms with E-state index in [1.54, 1.807) is 24.9 Å². The Hall–Kier alpha value is -2.54. The lowest BCUT2D eigenvalue weighted by Crippen LogP contribution is -2.24. The van der Waals surface area contributed by atoms with Gasteiger partial charge in [0.25, 0.3) is 0 Å². The molecule has 0 saturated heterocycles. The molecule has 1 aliphatic heterocycles. The molecule has 0 aliphatic carbocycles. The topological polar surface area (TPSA) is 30.3 Å². The van der Waals surface area contributed by atoms with Gasteiger partial charge in [0.05, 0.1) is 18.5 Å². The van der Waals surface area contributed by atoms with Crippen LogP contribution < -0.4 is 9.64 Å². The maximum absolute atomic E-state index is 13.9. The molecule has 4 rings (SSSR count). The summed E-state index contributed by atoms with van der Waals surface area (Å²) in [6.07, 6.45) is 0.812. The van der Waals surface area contributed by atoms with Crippen LogP contribution in [0.2, 0.25) is 0 Å². The van der Waals surface area contributed by atoms with Gasteiger partial charge in [-0.05, 0) is 63.1 Å². The molecule has 2 heterocycles. The molecule has 2 aromatic carbocycles. The summed E-state index contributed by atoms with van der Waals surface area (Å²) in [5, 5.41) is 4.69. The fourth-order valence-corrected chi connectivity index (χ4v) is 5.47. The molecule has 1 atom stereocenters. The summed E-state index contributed by atoms with van der Waals surface area (Å²) in [5.74, 6) is -0.837. The number of anilines is 1. The first-order valence-electron chi connectivity index (χ1n) is 10.5. The first-order chi connectivity index (χ1) is 14.9. The fourth-order valence-electron chi connectivity index (χ4n) is 4.16. The second-order valence-electron chi connectivity index (χ2n) is 7.79. The number of halogens is 2. The number of fused-ring (bicyclic) bond motifs is 1. The van der Waals surface area contributed by atoms with Crippen LogP contribution in [0.3, 0.4) is 0 Å². The fraction of sp³-hybridized carbons (Fsp3) is 0.375. The van der Waals surface area contributed by atoms with E-state index < -0.39 is 11.6 Å². The van der Waals surface area contributed by atoms with Gasteiger partial charge in [-0.25, -0.2) is 8.78 Å². The molecule has 0 amide bonds. The predicted molar refractivity (Wildman–Crippen MR) is 121 cm³/mol. The Morgan fingerprint density at radius 3 is 2.61 bits per heavy atom. The van der Waals surface area contributed by atoms with Gasteiger partial charge in [0.15, 0.2) is 11.6 Å². The van der Waals surface area contributed by atoms with Crippen molar-refractivity contribution >= 4 is 17.4 Å². The zero-order valence-corrected chi connectivity index (χ0v) is 19.1. The average Bonchev–Trinajstić information content (AvgIpc) is 2.93. The molecule has 0 N–H and O–H groups in total. The molecule has 1 aliphatic rings. The maximum Gasteiger partial charge on any atom is 0.159 e. The van der Waals surface area contributed by atoms with E-state index in [2.05, 4.69) is 36.8 Å². The normalized spacial score (nSPS) is 16.2. The van der Waals surface area contributed by atoms with Gasteiger partial charge < -0.3 is 9.64 Å². The van der Waals surface area contributed by atoms with Gasteiger partial charge in [0.2, 0.25) is 0 Å². The van der Waals surface area contributed by atoms with Crippen molar-refractivity contribution in [1.29, 1.82) is 0 Å². The van der Waals surface area contributed by atoms with Crippen molar-refractivity contribution in [3.8, 4) is 5.75 Å². The Morgan fingerprint density at radius 1 is 1.13 bits per heavy atom. The quantitative estimate of drug-likeness (QED) is 0.480. The number of nitrogens with zero attached hydrogens (tertiary/aromatic N) is 3. The van der Waals surface area contributed by atoms with Crippen molar-refractivity contribution in [3.63, 3.8) is 0 Å². The Morgan fingerprint density at radius 2 is 1.94 bits per heavy atom. The zero-order valence-electron chi connectivity index (χ0n) is 18.3. The van der Waals surface area contributed by atoms with Crippen molar-refractivity contribution in [2.75, 3.05) is 18.6 Å². The van der Waals surface area contributed by atoms with Crippen molar-refractivity contribution < 1.29 is 13.5 Å². The van der Waals surface area contributed by atoms with Crippen LogP contribution in [-0.2, 0) is 13.1 Å². The highest BCUT2D eigenvalue weighted by molar-refractivity contribution is 7.99. The molecule has 31 heavy (non-hydrogen) atoms. The van der Waals surface area contributed by atoms with E-state index >= 15 is 0 Å². The molecule has 1 aromatic heterocycles. The van der Waals surface area contributed by atoms with E-state index in [0.29, 0.717) is 0 Å². The van der Waals surface area contributed by atoms with Crippen LogP contribution >= 0.6 is 11.8 Å². The van der Waals surface area contributed by atoms with Crippen molar-refractivity contribution in [3.05, 3.63) is 70.5 Å². The third-order valence-electron chi connectivity index (χ3n) is 5.93. The number of aromatic nitrogens is 2. The molecule has 0 saturated carbocycles. The maximum atomic E-state index is 13.9. The second-order valence-corrected chi connectivity index (χ2v) is 9.03. The second kappa shape index (κ2) is 8.91. The SMILES string of the molecule is CCn1nc(C)c(CN2CC[C@H](c3ccc(F)c(F)c3)Sc3cc(OC)ccc32)c1C. The van der Waals surface area contributed by atoms with Crippen molar-refractivity contribution in [2.24, 2.45) is 0 Å². The van der Waals surface area contributed by atoms with Gasteiger partial charge in [-0.3, -0.25) is 4.68 Å². The van der Waals surface area contributed by atoms with Crippen LogP contribution in [0.15, 0.2) is 41.3 Å². The molecule has 0 bridgehead atoms. The number of methoxy groups -OCH3 is 1. The number of rotatable bonds is 5. The first kappa shape index (κ1) is 21.7. The molecule has 164 valence electrons. The molecule has 7 heteroatoms. The van der Waals surface area contributed by atoms with Crippen molar-refractivity contribution in [1.82, 2.24) is 9.78 Å². The average molecular weight is 444 g/mol. The Balaban J connectivity index is 1.70. The van der Waals surface area contributed by atoms with E-state index in [4.69, 9.17) is 4.74 Å².